The van der Waals surface area contributed by atoms with Crippen LogP contribution < -0.4 is 15.2 Å². The first kappa shape index (κ1) is 15.5. The van der Waals surface area contributed by atoms with Crippen LogP contribution >= 0.6 is 0 Å². The van der Waals surface area contributed by atoms with Crippen LogP contribution in [0.3, 0.4) is 0 Å². The first-order valence-corrected chi connectivity index (χ1v) is 8.18. The average molecular weight is 337 g/mol. The number of hydrogen-bond donors (Lipinski definition) is 3. The first-order chi connectivity index (χ1) is 10.9. The van der Waals surface area contributed by atoms with E-state index in [4.69, 9.17) is 9.88 Å². The van der Waals surface area contributed by atoms with Crippen LogP contribution in [-0.4, -0.2) is 35.9 Å². The number of rotatable bonds is 4. The van der Waals surface area contributed by atoms with Gasteiger partial charge in [0.1, 0.15) is 5.75 Å². The van der Waals surface area contributed by atoms with Crippen molar-refractivity contribution in [1.29, 1.82) is 0 Å². The lowest BCUT2D eigenvalue weighted by Crippen LogP contribution is -2.32. The number of hydrogen-bond acceptors (Lipinski definition) is 5. The number of nitrogens with one attached hydrogen (secondary N) is 2. The Bertz CT molecular complexity index is 844. The van der Waals surface area contributed by atoms with E-state index in [9.17, 15) is 13.2 Å². The zero-order chi connectivity index (χ0) is 16.6. The maximum atomic E-state index is 12.2. The molecule has 10 heteroatoms. The molecule has 0 saturated heterocycles. The number of aromatic amines is 1. The summed E-state index contributed by atoms with van der Waals surface area (Å²) < 4.78 is 28.9. The molecule has 23 heavy (non-hydrogen) atoms. The third-order valence-electron chi connectivity index (χ3n) is 3.57. The molecule has 4 N–H and O–H groups in total. The summed E-state index contributed by atoms with van der Waals surface area (Å²) in [6, 6.07) is 6.59. The van der Waals surface area contributed by atoms with Gasteiger partial charge in [-0.15, -0.1) is 0 Å². The van der Waals surface area contributed by atoms with Gasteiger partial charge in [-0.2, -0.15) is 17.8 Å². The van der Waals surface area contributed by atoms with E-state index >= 15 is 0 Å². The Morgan fingerprint density at radius 2 is 2.04 bits per heavy atom. The van der Waals surface area contributed by atoms with Gasteiger partial charge < -0.3 is 10.1 Å². The van der Waals surface area contributed by atoms with Gasteiger partial charge in [0, 0.05) is 17.7 Å². The van der Waals surface area contributed by atoms with Crippen LogP contribution in [0, 0.1) is 0 Å². The molecule has 0 unspecified atom stereocenters. The normalized spacial score (nSPS) is 14.5. The average Bonchev–Trinajstić information content (AvgIpc) is 3.09. The van der Waals surface area contributed by atoms with Crippen LogP contribution in [0.25, 0.3) is 0 Å². The molecule has 2 heterocycles. The fourth-order valence-electron chi connectivity index (χ4n) is 2.32. The molecule has 1 aliphatic rings. The van der Waals surface area contributed by atoms with Crippen LogP contribution in [-0.2, 0) is 23.3 Å². The lowest BCUT2D eigenvalue weighted by Gasteiger charge is -2.11. The van der Waals surface area contributed by atoms with E-state index in [1.807, 2.05) is 0 Å². The van der Waals surface area contributed by atoms with Gasteiger partial charge in [-0.25, -0.2) is 5.14 Å². The highest BCUT2D eigenvalue weighted by Gasteiger charge is 2.31. The summed E-state index contributed by atoms with van der Waals surface area (Å²) in [5, 5.41) is 14.5. The number of methoxy groups -OCH3 is 1. The van der Waals surface area contributed by atoms with Crippen molar-refractivity contribution < 1.29 is 17.9 Å². The van der Waals surface area contributed by atoms with Gasteiger partial charge in [0.15, 0.2) is 5.82 Å². The largest absolute Gasteiger partial charge is 0.497 e. The molecule has 1 aromatic heterocycles. The van der Waals surface area contributed by atoms with Crippen molar-refractivity contribution in [2.75, 3.05) is 12.4 Å². The number of ether oxygens (including phenoxy) is 1. The van der Waals surface area contributed by atoms with Crippen molar-refractivity contribution in [3.63, 3.8) is 0 Å². The van der Waals surface area contributed by atoms with Gasteiger partial charge in [0.25, 0.3) is 16.1 Å². The molecule has 0 radical (unpaired) electrons. The van der Waals surface area contributed by atoms with Gasteiger partial charge in [0.05, 0.1) is 19.3 Å². The highest BCUT2D eigenvalue weighted by molar-refractivity contribution is 7.86. The summed E-state index contributed by atoms with van der Waals surface area (Å²) in [7, 11) is -2.25. The summed E-state index contributed by atoms with van der Waals surface area (Å²) in [4.78, 5) is 12.2. The Morgan fingerprint density at radius 3 is 2.65 bits per heavy atom. The monoisotopic (exact) mass is 337 g/mol. The summed E-state index contributed by atoms with van der Waals surface area (Å²) in [5.41, 5.74) is 1.66. The number of carbonyl (C=O) groups is 1. The highest BCUT2D eigenvalue weighted by atomic mass is 32.2. The van der Waals surface area contributed by atoms with E-state index < -0.39 is 10.2 Å². The lowest BCUT2D eigenvalue weighted by atomic mass is 10.2. The molecule has 122 valence electrons. The predicted octanol–water partition coefficient (Wildman–Crippen LogP) is 0.190. The van der Waals surface area contributed by atoms with E-state index in [0.717, 1.165) is 4.31 Å². The number of carbonyl (C=O) groups excluding carboxylic acids is 1. The highest BCUT2D eigenvalue weighted by Crippen LogP contribution is 2.28. The smallest absolute Gasteiger partial charge is 0.277 e. The molecule has 0 spiro atoms. The Kier molecular flexibility index (Phi) is 3.80. The second-order valence-electron chi connectivity index (χ2n) is 5.02. The summed E-state index contributed by atoms with van der Waals surface area (Å²) in [5.74, 6) is 0.592. The van der Waals surface area contributed by atoms with Crippen LogP contribution in [0.15, 0.2) is 24.3 Å². The molecule has 1 aromatic carbocycles. The van der Waals surface area contributed by atoms with Crippen LogP contribution in [0.2, 0.25) is 0 Å². The molecule has 1 amide bonds. The minimum atomic E-state index is -3.79. The minimum absolute atomic E-state index is 0.0723. The van der Waals surface area contributed by atoms with E-state index in [-0.39, 0.29) is 19.0 Å². The Morgan fingerprint density at radius 1 is 1.35 bits per heavy atom. The second-order valence-corrected chi connectivity index (χ2v) is 6.57. The number of amides is 1. The first-order valence-electron chi connectivity index (χ1n) is 6.68. The van der Waals surface area contributed by atoms with Gasteiger partial charge in [-0.3, -0.25) is 9.89 Å². The van der Waals surface area contributed by atoms with Crippen LogP contribution in [0.4, 0.5) is 5.82 Å². The van der Waals surface area contributed by atoms with Crippen molar-refractivity contribution in [2.24, 2.45) is 5.14 Å². The third-order valence-corrected chi connectivity index (χ3v) is 4.54. The second kappa shape index (κ2) is 5.65. The van der Waals surface area contributed by atoms with E-state index in [1.54, 1.807) is 31.4 Å². The lowest BCUT2D eigenvalue weighted by molar-refractivity contribution is 0.102. The van der Waals surface area contributed by atoms with Gasteiger partial charge in [-0.1, -0.05) is 0 Å². The Balaban J connectivity index is 1.76. The van der Waals surface area contributed by atoms with Gasteiger partial charge in [-0.05, 0) is 24.3 Å². The van der Waals surface area contributed by atoms with Crippen molar-refractivity contribution in [3.05, 3.63) is 41.1 Å². The number of anilines is 1. The number of H-pyrrole nitrogens is 1. The Hall–Kier alpha value is -2.43. The Labute approximate surface area is 132 Å². The number of fused-ring (bicyclic) bond motifs is 1. The summed E-state index contributed by atoms with van der Waals surface area (Å²) >= 11 is 0. The van der Waals surface area contributed by atoms with Crippen LogP contribution in [0.1, 0.15) is 21.6 Å². The molecule has 1 aliphatic heterocycles. The predicted molar refractivity (Wildman–Crippen MR) is 81.9 cm³/mol. The molecule has 0 bridgehead atoms. The topological polar surface area (TPSA) is 130 Å². The number of aromatic nitrogens is 2. The van der Waals surface area contributed by atoms with E-state index in [1.165, 1.54) is 0 Å². The van der Waals surface area contributed by atoms with Crippen molar-refractivity contribution in [3.8, 4) is 5.75 Å². The van der Waals surface area contributed by atoms with E-state index in [2.05, 4.69) is 15.5 Å². The molecule has 0 aliphatic carbocycles. The maximum absolute atomic E-state index is 12.2. The summed E-state index contributed by atoms with van der Waals surface area (Å²) in [6.07, 6.45) is 0. The molecule has 2 aromatic rings. The quantitative estimate of drug-likeness (QED) is 0.733. The third kappa shape index (κ3) is 3.04. The number of benzene rings is 1. The van der Waals surface area contributed by atoms with Crippen molar-refractivity contribution in [1.82, 2.24) is 14.5 Å². The standard InChI is InChI=1S/C13H15N5O4S/c1-22-9-4-2-8(3-5-9)13(19)15-12-10-6-18(23(14,20)21)7-11(10)16-17-12/h2-5H,6-7H2,1H3,(H2,14,20,21)(H2,15,16,17,19). The fourth-order valence-corrected chi connectivity index (χ4v) is 2.93. The number of nitrogens with two attached hydrogens (primary N) is 1. The molecule has 0 atom stereocenters. The van der Waals surface area contributed by atoms with Gasteiger partial charge >= 0.3 is 0 Å². The molecule has 0 fully saturated rings. The van der Waals surface area contributed by atoms with E-state index in [0.29, 0.717) is 28.4 Å². The zero-order valence-electron chi connectivity index (χ0n) is 12.2. The molecular formula is C13H15N5O4S. The maximum Gasteiger partial charge on any atom is 0.277 e. The number of nitrogens with zero attached hydrogens (tertiary/aromatic N) is 2. The van der Waals surface area contributed by atoms with Crippen molar-refractivity contribution >= 4 is 21.9 Å². The molecule has 0 saturated carbocycles. The molecule has 9 nitrogen and oxygen atoms in total. The summed E-state index contributed by atoms with van der Waals surface area (Å²) in [6.45, 7) is 0.183. The SMILES string of the molecule is COc1ccc(C(=O)Nc2n[nH]c3c2CN(S(N)(=O)=O)C3)cc1. The fraction of sp³-hybridized carbons (Fsp3) is 0.231. The van der Waals surface area contributed by atoms with Crippen LogP contribution in [0.5, 0.6) is 5.75 Å². The van der Waals surface area contributed by atoms with Crippen molar-refractivity contribution in [2.45, 2.75) is 13.1 Å². The molecular weight excluding hydrogens is 322 g/mol. The molecule has 3 rings (SSSR count). The minimum Gasteiger partial charge on any atom is -0.497 e. The zero-order valence-corrected chi connectivity index (χ0v) is 13.1. The van der Waals surface area contributed by atoms with Gasteiger partial charge in [0.2, 0.25) is 0 Å².